The number of thiophene rings is 1. The Balaban J connectivity index is 1.80. The Morgan fingerprint density at radius 1 is 1.10 bits per heavy atom. The van der Waals surface area contributed by atoms with Crippen LogP contribution in [0.3, 0.4) is 0 Å². The summed E-state index contributed by atoms with van der Waals surface area (Å²) in [6.45, 7) is 0. The van der Waals surface area contributed by atoms with Crippen molar-refractivity contribution in [3.05, 3.63) is 68.5 Å². The van der Waals surface area contributed by atoms with Crippen LogP contribution in [0.2, 0.25) is 0 Å². The second kappa shape index (κ2) is 7.17. The summed E-state index contributed by atoms with van der Waals surface area (Å²) in [5, 5.41) is 22.5. The molecule has 0 fully saturated rings. The molecule has 0 spiro atoms. The Kier molecular flexibility index (Phi) is 4.44. The fraction of sp³-hybridized carbons (Fsp3) is 0.130. The lowest BCUT2D eigenvalue weighted by Crippen LogP contribution is -2.21. The van der Waals surface area contributed by atoms with Gasteiger partial charge in [0.1, 0.15) is 28.2 Å². The predicted molar refractivity (Wildman–Crippen MR) is 114 cm³/mol. The third-order valence-corrected chi connectivity index (χ3v) is 6.26. The number of esters is 1. The van der Waals surface area contributed by atoms with Crippen LogP contribution in [-0.2, 0) is 4.79 Å². The van der Waals surface area contributed by atoms with Crippen molar-refractivity contribution in [2.75, 3.05) is 7.11 Å². The van der Waals surface area contributed by atoms with Gasteiger partial charge in [-0.05, 0) is 29.6 Å². The van der Waals surface area contributed by atoms with Crippen LogP contribution in [0, 0.1) is 0 Å². The van der Waals surface area contributed by atoms with E-state index in [1.54, 1.807) is 12.1 Å². The third-order valence-electron chi connectivity index (χ3n) is 5.27. The summed E-state index contributed by atoms with van der Waals surface area (Å²) < 4.78 is 16.5. The second-order valence-electron chi connectivity index (χ2n) is 7.12. The van der Waals surface area contributed by atoms with Crippen molar-refractivity contribution >= 4 is 28.3 Å². The fourth-order valence-electron chi connectivity index (χ4n) is 3.88. The molecule has 0 saturated carbocycles. The van der Waals surface area contributed by atoms with Crippen LogP contribution in [0.15, 0.2) is 57.1 Å². The Morgan fingerprint density at radius 3 is 2.65 bits per heavy atom. The van der Waals surface area contributed by atoms with Gasteiger partial charge in [-0.2, -0.15) is 0 Å². The molecule has 3 heterocycles. The Morgan fingerprint density at radius 2 is 1.94 bits per heavy atom. The molecule has 2 aromatic heterocycles. The number of aromatic hydroxyl groups is 2. The minimum atomic E-state index is -0.450. The maximum absolute atomic E-state index is 12.9. The molecule has 4 aromatic rings. The average Bonchev–Trinajstić information content (AvgIpc) is 3.27. The van der Waals surface area contributed by atoms with Gasteiger partial charge in [0.05, 0.1) is 13.5 Å². The van der Waals surface area contributed by atoms with Gasteiger partial charge >= 0.3 is 5.97 Å². The van der Waals surface area contributed by atoms with Gasteiger partial charge in [0.25, 0.3) is 0 Å². The summed E-state index contributed by atoms with van der Waals surface area (Å²) in [6, 6.07) is 11.0. The van der Waals surface area contributed by atoms with Crippen molar-refractivity contribution in [1.29, 1.82) is 0 Å². The van der Waals surface area contributed by atoms with Crippen LogP contribution in [0.1, 0.15) is 22.8 Å². The zero-order chi connectivity index (χ0) is 21.7. The van der Waals surface area contributed by atoms with Gasteiger partial charge in [0.15, 0.2) is 16.9 Å². The molecule has 2 N–H and O–H groups in total. The number of carbonyl (C=O) groups excluding carboxylic acids is 1. The zero-order valence-electron chi connectivity index (χ0n) is 16.2. The number of phenols is 2. The Bertz CT molecular complexity index is 1390. The molecule has 0 bridgehead atoms. The molecule has 5 rings (SSSR count). The molecule has 0 radical (unpaired) electrons. The number of hydrogen-bond acceptors (Lipinski definition) is 8. The Labute approximate surface area is 179 Å². The van der Waals surface area contributed by atoms with E-state index in [1.807, 2.05) is 17.5 Å². The number of fused-ring (bicyclic) bond motifs is 3. The lowest BCUT2D eigenvalue weighted by atomic mass is 9.89. The van der Waals surface area contributed by atoms with E-state index in [0.29, 0.717) is 11.1 Å². The van der Waals surface area contributed by atoms with Crippen LogP contribution in [-0.4, -0.2) is 23.3 Å². The minimum Gasteiger partial charge on any atom is -0.507 e. The van der Waals surface area contributed by atoms with Crippen molar-refractivity contribution in [3.8, 4) is 34.3 Å². The summed E-state index contributed by atoms with van der Waals surface area (Å²) in [4.78, 5) is 26.1. The highest BCUT2D eigenvalue weighted by Gasteiger charge is 2.34. The summed E-state index contributed by atoms with van der Waals surface area (Å²) in [5.74, 6) is -0.586. The van der Waals surface area contributed by atoms with Gasteiger partial charge in [0, 0.05) is 34.1 Å². The van der Waals surface area contributed by atoms with E-state index < -0.39 is 11.4 Å². The lowest BCUT2D eigenvalue weighted by Gasteiger charge is -2.25. The number of carbonyl (C=O) groups is 1. The topological polar surface area (TPSA) is 106 Å². The maximum atomic E-state index is 12.9. The molecule has 1 atom stereocenters. The van der Waals surface area contributed by atoms with Crippen molar-refractivity contribution < 1.29 is 28.9 Å². The number of hydrogen-bond donors (Lipinski definition) is 2. The highest BCUT2D eigenvalue weighted by atomic mass is 32.1. The number of methoxy groups -OCH3 is 1. The van der Waals surface area contributed by atoms with Gasteiger partial charge in [-0.25, -0.2) is 0 Å². The Hall–Kier alpha value is -3.78. The molecular formula is C23H16O7S. The van der Waals surface area contributed by atoms with E-state index >= 15 is 0 Å². The first kappa shape index (κ1) is 19.2. The summed E-state index contributed by atoms with van der Waals surface area (Å²) in [6.07, 6.45) is 0.0879. The monoisotopic (exact) mass is 436 g/mol. The average molecular weight is 436 g/mol. The first-order valence-corrected chi connectivity index (χ1v) is 10.3. The van der Waals surface area contributed by atoms with Gasteiger partial charge < -0.3 is 24.1 Å². The van der Waals surface area contributed by atoms with E-state index in [9.17, 15) is 19.8 Å². The fourth-order valence-corrected chi connectivity index (χ4v) is 4.71. The number of ether oxygens (including phenoxy) is 2. The van der Waals surface area contributed by atoms with E-state index in [1.165, 1.54) is 36.6 Å². The quantitative estimate of drug-likeness (QED) is 0.363. The van der Waals surface area contributed by atoms with Gasteiger partial charge in [-0.3, -0.25) is 9.59 Å². The highest BCUT2D eigenvalue weighted by Crippen LogP contribution is 2.47. The predicted octanol–water partition coefficient (Wildman–Crippen LogP) is 4.38. The zero-order valence-corrected chi connectivity index (χ0v) is 17.1. The minimum absolute atomic E-state index is 0.0136. The lowest BCUT2D eigenvalue weighted by molar-refractivity contribution is -0.135. The molecule has 0 amide bonds. The van der Waals surface area contributed by atoms with E-state index in [0.717, 1.165) is 4.88 Å². The van der Waals surface area contributed by atoms with Crippen molar-refractivity contribution in [2.24, 2.45) is 0 Å². The normalized spacial score (nSPS) is 15.5. The molecule has 2 aromatic carbocycles. The molecule has 0 saturated heterocycles. The van der Waals surface area contributed by atoms with Crippen LogP contribution in [0.25, 0.3) is 22.3 Å². The summed E-state index contributed by atoms with van der Waals surface area (Å²) in [5.41, 5.74) is 0.689. The standard InChI is InChI=1S/C23H16O7S/c1-28-16-5-4-11(7-13(16)24)17-9-14(25)22-15(26)10-18-21(23(22)30-17)12(8-20(27)29-18)19-3-2-6-31-19/h2-7,9-10,12,24,26H,8H2,1H3/t12-/m1/s1. The molecule has 156 valence electrons. The van der Waals surface area contributed by atoms with Crippen LogP contribution >= 0.6 is 11.3 Å². The maximum Gasteiger partial charge on any atom is 0.312 e. The van der Waals surface area contributed by atoms with Gasteiger partial charge in [-0.1, -0.05) is 6.07 Å². The number of benzene rings is 2. The summed E-state index contributed by atoms with van der Waals surface area (Å²) in [7, 11) is 1.44. The largest absolute Gasteiger partial charge is 0.507 e. The van der Waals surface area contributed by atoms with Crippen molar-refractivity contribution in [1.82, 2.24) is 0 Å². The number of phenolic OH excluding ortho intramolecular Hbond substituents is 2. The molecule has 0 unspecified atom stereocenters. The van der Waals surface area contributed by atoms with E-state index in [4.69, 9.17) is 13.9 Å². The molecule has 31 heavy (non-hydrogen) atoms. The van der Waals surface area contributed by atoms with Gasteiger partial charge in [-0.15, -0.1) is 11.3 Å². The molecule has 1 aliphatic rings. The second-order valence-corrected chi connectivity index (χ2v) is 8.10. The van der Waals surface area contributed by atoms with Gasteiger partial charge in [0.2, 0.25) is 0 Å². The SMILES string of the molecule is COc1ccc(-c2cc(=O)c3c(O)cc4c(c3o2)[C@@H](c2cccs2)CC(=O)O4)cc1O. The van der Waals surface area contributed by atoms with Crippen LogP contribution in [0.5, 0.6) is 23.0 Å². The first-order valence-electron chi connectivity index (χ1n) is 9.41. The molecule has 0 aliphatic carbocycles. The molecule has 1 aliphatic heterocycles. The van der Waals surface area contributed by atoms with Crippen molar-refractivity contribution in [3.63, 3.8) is 0 Å². The summed E-state index contributed by atoms with van der Waals surface area (Å²) >= 11 is 1.48. The van der Waals surface area contributed by atoms with Crippen LogP contribution in [0.4, 0.5) is 0 Å². The molecular weight excluding hydrogens is 420 g/mol. The van der Waals surface area contributed by atoms with E-state index in [2.05, 4.69) is 0 Å². The smallest absolute Gasteiger partial charge is 0.312 e. The van der Waals surface area contributed by atoms with Crippen LogP contribution < -0.4 is 14.9 Å². The van der Waals surface area contributed by atoms with E-state index in [-0.39, 0.29) is 52.1 Å². The number of rotatable bonds is 3. The highest BCUT2D eigenvalue weighted by molar-refractivity contribution is 7.10. The van der Waals surface area contributed by atoms with Crippen molar-refractivity contribution in [2.45, 2.75) is 12.3 Å². The first-order chi connectivity index (χ1) is 15.0. The molecule has 8 heteroatoms. The molecule has 7 nitrogen and oxygen atoms in total. The third kappa shape index (κ3) is 3.12.